The highest BCUT2D eigenvalue weighted by molar-refractivity contribution is 7.99. The predicted molar refractivity (Wildman–Crippen MR) is 125 cm³/mol. The lowest BCUT2D eigenvalue weighted by atomic mass is 9.92. The zero-order valence-corrected chi connectivity index (χ0v) is 19.6. The summed E-state index contributed by atoms with van der Waals surface area (Å²) in [6.45, 7) is 8.16. The molecule has 0 aliphatic rings. The van der Waals surface area contributed by atoms with Crippen LogP contribution in [0, 0.1) is 6.92 Å². The molecule has 0 aliphatic carbocycles. The normalized spacial score (nSPS) is 11.7. The molecule has 4 aromatic rings. The molecular weight excluding hydrogens is 424 g/mol. The molecule has 3 heterocycles. The van der Waals surface area contributed by atoms with Crippen molar-refractivity contribution in [2.45, 2.75) is 38.3 Å². The van der Waals surface area contributed by atoms with Gasteiger partial charge in [0.2, 0.25) is 5.91 Å². The van der Waals surface area contributed by atoms with Gasteiger partial charge in [-0.1, -0.05) is 50.7 Å². The van der Waals surface area contributed by atoms with Crippen molar-refractivity contribution >= 4 is 23.5 Å². The smallest absolute Gasteiger partial charge is 0.235 e. The van der Waals surface area contributed by atoms with E-state index in [1.807, 2.05) is 61.0 Å². The summed E-state index contributed by atoms with van der Waals surface area (Å²) in [7, 11) is 1.82. The van der Waals surface area contributed by atoms with Gasteiger partial charge in [-0.2, -0.15) is 5.10 Å². The Bertz CT molecular complexity index is 1230. The van der Waals surface area contributed by atoms with E-state index in [1.54, 1.807) is 10.9 Å². The van der Waals surface area contributed by atoms with Crippen LogP contribution in [0.5, 0.6) is 0 Å². The summed E-state index contributed by atoms with van der Waals surface area (Å²) in [5, 5.41) is 16.8. The van der Waals surface area contributed by atoms with Gasteiger partial charge in [0.1, 0.15) is 11.6 Å². The van der Waals surface area contributed by atoms with E-state index in [4.69, 9.17) is 4.42 Å². The molecule has 0 spiro atoms. The minimum Gasteiger partial charge on any atom is -0.469 e. The van der Waals surface area contributed by atoms with Gasteiger partial charge in [-0.15, -0.1) is 10.2 Å². The van der Waals surface area contributed by atoms with Crippen molar-refractivity contribution in [3.63, 3.8) is 0 Å². The van der Waals surface area contributed by atoms with Crippen LogP contribution in [0.15, 0.2) is 58.3 Å². The van der Waals surface area contributed by atoms with Crippen LogP contribution < -0.4 is 5.32 Å². The van der Waals surface area contributed by atoms with Gasteiger partial charge in [-0.3, -0.25) is 14.0 Å². The van der Waals surface area contributed by atoms with Crippen LogP contribution in [-0.4, -0.2) is 36.2 Å². The Kier molecular flexibility index (Phi) is 5.92. The number of furan rings is 1. The molecule has 4 rings (SSSR count). The quantitative estimate of drug-likeness (QED) is 0.432. The SMILES string of the molecule is Cc1occc1-c1nnc(SCC(=O)Nc2cc(C(C)(C)C)nn2C)n1-c1ccccc1. The Morgan fingerprint density at radius 1 is 1.16 bits per heavy atom. The molecule has 1 amide bonds. The molecule has 3 aromatic heterocycles. The third-order valence-corrected chi connectivity index (χ3v) is 5.92. The van der Waals surface area contributed by atoms with Crippen LogP contribution in [-0.2, 0) is 17.3 Å². The minimum absolute atomic E-state index is 0.0940. The topological polar surface area (TPSA) is 90.8 Å². The molecule has 0 saturated heterocycles. The van der Waals surface area contributed by atoms with Crippen LogP contribution >= 0.6 is 11.8 Å². The van der Waals surface area contributed by atoms with Crippen molar-refractivity contribution in [1.82, 2.24) is 24.5 Å². The third-order valence-electron chi connectivity index (χ3n) is 5.00. The van der Waals surface area contributed by atoms with E-state index in [-0.39, 0.29) is 17.1 Å². The number of benzene rings is 1. The van der Waals surface area contributed by atoms with Crippen molar-refractivity contribution in [3.05, 3.63) is 60.2 Å². The molecule has 9 heteroatoms. The number of carbonyl (C=O) groups excluding carboxylic acids is 1. The number of para-hydroxylation sites is 1. The first-order valence-electron chi connectivity index (χ1n) is 10.3. The van der Waals surface area contributed by atoms with E-state index < -0.39 is 0 Å². The number of anilines is 1. The molecule has 0 bridgehead atoms. The Hall–Kier alpha value is -3.33. The number of rotatable bonds is 6. The average Bonchev–Trinajstić information content (AvgIpc) is 3.45. The highest BCUT2D eigenvalue weighted by Gasteiger charge is 2.21. The van der Waals surface area contributed by atoms with E-state index >= 15 is 0 Å². The van der Waals surface area contributed by atoms with Crippen molar-refractivity contribution in [2.24, 2.45) is 7.05 Å². The van der Waals surface area contributed by atoms with E-state index in [9.17, 15) is 4.79 Å². The number of amides is 1. The second kappa shape index (κ2) is 8.66. The van der Waals surface area contributed by atoms with Gasteiger partial charge in [0.25, 0.3) is 0 Å². The van der Waals surface area contributed by atoms with E-state index in [2.05, 4.69) is 41.4 Å². The molecular formula is C23H26N6O2S. The van der Waals surface area contributed by atoms with Crippen molar-refractivity contribution < 1.29 is 9.21 Å². The average molecular weight is 451 g/mol. The highest BCUT2D eigenvalue weighted by Crippen LogP contribution is 2.30. The largest absolute Gasteiger partial charge is 0.469 e. The first-order valence-corrected chi connectivity index (χ1v) is 11.2. The number of carbonyl (C=O) groups is 1. The first kappa shape index (κ1) is 21.9. The third kappa shape index (κ3) is 4.47. The van der Waals surface area contributed by atoms with Crippen LogP contribution in [0.4, 0.5) is 5.82 Å². The van der Waals surface area contributed by atoms with Crippen LogP contribution in [0.3, 0.4) is 0 Å². The Labute approximate surface area is 191 Å². The van der Waals surface area contributed by atoms with Gasteiger partial charge in [0.15, 0.2) is 11.0 Å². The lowest BCUT2D eigenvalue weighted by molar-refractivity contribution is -0.113. The van der Waals surface area contributed by atoms with Gasteiger partial charge in [-0.25, -0.2) is 0 Å². The van der Waals surface area contributed by atoms with Crippen LogP contribution in [0.2, 0.25) is 0 Å². The minimum atomic E-state index is -0.137. The molecule has 8 nitrogen and oxygen atoms in total. The summed E-state index contributed by atoms with van der Waals surface area (Å²) in [5.74, 6) is 2.15. The maximum absolute atomic E-state index is 12.7. The molecule has 0 saturated carbocycles. The van der Waals surface area contributed by atoms with E-state index in [0.29, 0.717) is 16.8 Å². The lowest BCUT2D eigenvalue weighted by Crippen LogP contribution is -2.16. The van der Waals surface area contributed by atoms with Crippen molar-refractivity contribution in [2.75, 3.05) is 11.1 Å². The molecule has 1 aromatic carbocycles. The monoisotopic (exact) mass is 450 g/mol. The fourth-order valence-electron chi connectivity index (χ4n) is 3.22. The fraction of sp³-hybridized carbons (Fsp3) is 0.304. The van der Waals surface area contributed by atoms with Gasteiger partial charge in [0, 0.05) is 24.2 Å². The summed E-state index contributed by atoms with van der Waals surface area (Å²) >= 11 is 1.33. The first-order chi connectivity index (χ1) is 15.2. The van der Waals surface area contributed by atoms with Gasteiger partial charge < -0.3 is 9.73 Å². The van der Waals surface area contributed by atoms with Gasteiger partial charge in [0.05, 0.1) is 23.3 Å². The van der Waals surface area contributed by atoms with E-state index in [1.165, 1.54) is 11.8 Å². The number of aromatic nitrogens is 5. The summed E-state index contributed by atoms with van der Waals surface area (Å²) in [4.78, 5) is 12.7. The number of nitrogens with one attached hydrogen (secondary N) is 1. The van der Waals surface area contributed by atoms with Crippen molar-refractivity contribution in [3.8, 4) is 17.1 Å². The fourth-order valence-corrected chi connectivity index (χ4v) is 3.98. The van der Waals surface area contributed by atoms with Gasteiger partial charge >= 0.3 is 0 Å². The second-order valence-electron chi connectivity index (χ2n) is 8.49. The zero-order valence-electron chi connectivity index (χ0n) is 18.8. The van der Waals surface area contributed by atoms with Gasteiger partial charge in [-0.05, 0) is 25.1 Å². The van der Waals surface area contributed by atoms with Crippen molar-refractivity contribution in [1.29, 1.82) is 0 Å². The summed E-state index contributed by atoms with van der Waals surface area (Å²) < 4.78 is 9.09. The summed E-state index contributed by atoms with van der Waals surface area (Å²) in [6, 6.07) is 13.6. The molecule has 1 N–H and O–H groups in total. The molecule has 0 aliphatic heterocycles. The number of hydrogen-bond acceptors (Lipinski definition) is 6. The predicted octanol–water partition coefficient (Wildman–Crippen LogP) is 4.60. The molecule has 166 valence electrons. The molecule has 32 heavy (non-hydrogen) atoms. The number of thioether (sulfide) groups is 1. The summed E-state index contributed by atoms with van der Waals surface area (Å²) in [6.07, 6.45) is 1.63. The number of hydrogen-bond donors (Lipinski definition) is 1. The highest BCUT2D eigenvalue weighted by atomic mass is 32.2. The lowest BCUT2D eigenvalue weighted by Gasteiger charge is -2.13. The number of nitrogens with zero attached hydrogens (tertiary/aromatic N) is 5. The molecule has 0 fully saturated rings. The molecule has 0 atom stereocenters. The number of aryl methyl sites for hydroxylation is 2. The standard InChI is InChI=1S/C23H26N6O2S/c1-15-17(11-12-31-15)21-25-26-22(29(21)16-9-7-6-8-10-16)32-14-20(30)24-19-13-18(23(2,3)4)27-28(19)5/h6-13H,14H2,1-5H3,(H,24,30). The van der Waals surface area contributed by atoms with Crippen LogP contribution in [0.25, 0.3) is 17.1 Å². The molecule has 0 radical (unpaired) electrons. The second-order valence-corrected chi connectivity index (χ2v) is 9.44. The Morgan fingerprint density at radius 3 is 2.53 bits per heavy atom. The van der Waals surface area contributed by atoms with Crippen LogP contribution in [0.1, 0.15) is 32.2 Å². The zero-order chi connectivity index (χ0) is 22.9. The maximum atomic E-state index is 12.7. The maximum Gasteiger partial charge on any atom is 0.235 e. The van der Waals surface area contributed by atoms with E-state index in [0.717, 1.165) is 22.7 Å². The Morgan fingerprint density at radius 2 is 1.91 bits per heavy atom. The molecule has 0 unspecified atom stereocenters. The summed E-state index contributed by atoms with van der Waals surface area (Å²) in [5.41, 5.74) is 2.61. The Balaban J connectivity index is 1.55.